The van der Waals surface area contributed by atoms with Gasteiger partial charge in [0.15, 0.2) is 0 Å². The SMILES string of the molecule is CCOC(=O)c1ccc(C#N)c(S)c1C(F)(F)F. The fourth-order valence-electron chi connectivity index (χ4n) is 1.35. The molecule has 0 bridgehead atoms. The molecular formula is C11H8F3NO2S. The Morgan fingerprint density at radius 2 is 2.11 bits per heavy atom. The quantitative estimate of drug-likeness (QED) is 0.666. The van der Waals surface area contributed by atoms with Crippen molar-refractivity contribution in [2.24, 2.45) is 0 Å². The fourth-order valence-corrected chi connectivity index (χ4v) is 1.72. The van der Waals surface area contributed by atoms with Gasteiger partial charge in [-0.15, -0.1) is 12.6 Å². The molecule has 0 saturated heterocycles. The smallest absolute Gasteiger partial charge is 0.418 e. The molecule has 0 unspecified atom stereocenters. The van der Waals surface area contributed by atoms with Crippen LogP contribution in [0.15, 0.2) is 17.0 Å². The Labute approximate surface area is 107 Å². The van der Waals surface area contributed by atoms with Gasteiger partial charge in [0, 0.05) is 4.90 Å². The molecule has 0 aliphatic heterocycles. The lowest BCUT2D eigenvalue weighted by molar-refractivity contribution is -0.140. The number of carbonyl (C=O) groups excluding carboxylic acids is 1. The van der Waals surface area contributed by atoms with Crippen LogP contribution >= 0.6 is 12.6 Å². The van der Waals surface area contributed by atoms with Crippen molar-refractivity contribution < 1.29 is 22.7 Å². The molecule has 0 radical (unpaired) electrons. The lowest BCUT2D eigenvalue weighted by atomic mass is 10.0. The van der Waals surface area contributed by atoms with E-state index in [9.17, 15) is 18.0 Å². The van der Waals surface area contributed by atoms with Crippen LogP contribution in [0.25, 0.3) is 0 Å². The van der Waals surface area contributed by atoms with E-state index in [1.165, 1.54) is 6.92 Å². The van der Waals surface area contributed by atoms with Crippen LogP contribution in [0.3, 0.4) is 0 Å². The highest BCUT2D eigenvalue weighted by atomic mass is 32.1. The zero-order valence-corrected chi connectivity index (χ0v) is 10.1. The van der Waals surface area contributed by atoms with E-state index in [0.29, 0.717) is 0 Å². The Bertz CT molecular complexity index is 520. The van der Waals surface area contributed by atoms with E-state index < -0.39 is 28.2 Å². The number of ether oxygens (including phenoxy) is 1. The topological polar surface area (TPSA) is 50.1 Å². The maximum atomic E-state index is 12.9. The van der Waals surface area contributed by atoms with Crippen molar-refractivity contribution in [3.05, 3.63) is 28.8 Å². The molecule has 0 saturated carbocycles. The average molecular weight is 275 g/mol. The van der Waals surface area contributed by atoms with Crippen LogP contribution in [0.4, 0.5) is 13.2 Å². The number of hydrogen-bond acceptors (Lipinski definition) is 4. The van der Waals surface area contributed by atoms with Crippen LogP contribution in [0, 0.1) is 11.3 Å². The van der Waals surface area contributed by atoms with Gasteiger partial charge in [-0.3, -0.25) is 0 Å². The summed E-state index contributed by atoms with van der Waals surface area (Å²) in [6.45, 7) is 1.44. The minimum atomic E-state index is -4.79. The van der Waals surface area contributed by atoms with Gasteiger partial charge in [-0.25, -0.2) is 4.79 Å². The summed E-state index contributed by atoms with van der Waals surface area (Å²) in [5.74, 6) is -1.09. The fraction of sp³-hybridized carbons (Fsp3) is 0.273. The Kier molecular flexibility index (Phi) is 4.24. The first-order valence-corrected chi connectivity index (χ1v) is 5.28. The summed E-state index contributed by atoms with van der Waals surface area (Å²) < 4.78 is 43.1. The summed E-state index contributed by atoms with van der Waals surface area (Å²) >= 11 is 3.67. The minimum Gasteiger partial charge on any atom is -0.462 e. The second kappa shape index (κ2) is 5.31. The number of carbonyl (C=O) groups is 1. The zero-order valence-electron chi connectivity index (χ0n) is 9.21. The zero-order chi connectivity index (χ0) is 13.9. The maximum absolute atomic E-state index is 12.9. The Morgan fingerprint density at radius 1 is 1.50 bits per heavy atom. The first-order valence-electron chi connectivity index (χ1n) is 4.83. The lowest BCUT2D eigenvalue weighted by Crippen LogP contribution is -2.16. The summed E-state index contributed by atoms with van der Waals surface area (Å²) in [5.41, 5.74) is -2.14. The molecule has 96 valence electrons. The number of nitriles is 1. The van der Waals surface area contributed by atoms with E-state index in [0.717, 1.165) is 12.1 Å². The first kappa shape index (κ1) is 14.4. The Balaban J connectivity index is 3.50. The molecule has 1 rings (SSSR count). The molecule has 1 aromatic carbocycles. The van der Waals surface area contributed by atoms with Gasteiger partial charge in [-0.2, -0.15) is 18.4 Å². The molecule has 0 atom stereocenters. The summed E-state index contributed by atoms with van der Waals surface area (Å²) in [6, 6.07) is 3.59. The number of hydrogen-bond donors (Lipinski definition) is 1. The monoisotopic (exact) mass is 275 g/mol. The minimum absolute atomic E-state index is 0.0436. The van der Waals surface area contributed by atoms with Crippen LogP contribution in [0.1, 0.15) is 28.4 Å². The number of alkyl halides is 3. The number of esters is 1. The molecule has 18 heavy (non-hydrogen) atoms. The Morgan fingerprint density at radius 3 is 2.56 bits per heavy atom. The average Bonchev–Trinajstić information content (AvgIpc) is 2.27. The van der Waals surface area contributed by atoms with Crippen molar-refractivity contribution in [1.29, 1.82) is 5.26 Å². The molecule has 0 aromatic heterocycles. The van der Waals surface area contributed by atoms with E-state index >= 15 is 0 Å². The highest BCUT2D eigenvalue weighted by Gasteiger charge is 2.38. The molecule has 0 fully saturated rings. The standard InChI is InChI=1S/C11H8F3NO2S/c1-2-17-10(16)7-4-3-6(5-15)9(18)8(7)11(12,13)14/h3-4,18H,2H2,1H3. The van der Waals surface area contributed by atoms with E-state index in [4.69, 9.17) is 5.26 Å². The summed E-state index contributed by atoms with van der Waals surface area (Å²) in [7, 11) is 0. The number of rotatable bonds is 2. The van der Waals surface area contributed by atoms with Crippen molar-refractivity contribution in [3.8, 4) is 6.07 Å². The van der Waals surface area contributed by atoms with Crippen LogP contribution in [-0.2, 0) is 10.9 Å². The molecule has 1 aromatic rings. The van der Waals surface area contributed by atoms with E-state index in [1.54, 1.807) is 6.07 Å². The van der Waals surface area contributed by atoms with E-state index in [1.807, 2.05) is 0 Å². The summed E-state index contributed by atoms with van der Waals surface area (Å²) in [5, 5.41) is 8.66. The largest absolute Gasteiger partial charge is 0.462 e. The predicted octanol–water partition coefficient (Wildman–Crippen LogP) is 3.04. The molecule has 0 aliphatic rings. The van der Waals surface area contributed by atoms with Crippen molar-refractivity contribution in [1.82, 2.24) is 0 Å². The summed E-state index contributed by atoms with van der Waals surface area (Å²) in [6.07, 6.45) is -4.79. The predicted molar refractivity (Wildman–Crippen MR) is 59.4 cm³/mol. The first-order chi connectivity index (χ1) is 8.32. The third-order valence-electron chi connectivity index (χ3n) is 2.08. The normalized spacial score (nSPS) is 10.9. The van der Waals surface area contributed by atoms with Crippen molar-refractivity contribution >= 4 is 18.6 Å². The van der Waals surface area contributed by atoms with Gasteiger partial charge in [0.05, 0.1) is 23.3 Å². The maximum Gasteiger partial charge on any atom is 0.418 e. The van der Waals surface area contributed by atoms with Crippen molar-refractivity contribution in [3.63, 3.8) is 0 Å². The number of thiol groups is 1. The number of halogens is 3. The van der Waals surface area contributed by atoms with Crippen molar-refractivity contribution in [2.75, 3.05) is 6.61 Å². The van der Waals surface area contributed by atoms with Gasteiger partial charge in [0.25, 0.3) is 0 Å². The number of nitrogens with zero attached hydrogens (tertiary/aromatic N) is 1. The molecule has 0 spiro atoms. The highest BCUT2D eigenvalue weighted by molar-refractivity contribution is 7.80. The van der Waals surface area contributed by atoms with Crippen LogP contribution in [0.5, 0.6) is 0 Å². The molecule has 7 heteroatoms. The molecule has 0 aliphatic carbocycles. The molecule has 0 heterocycles. The van der Waals surface area contributed by atoms with Crippen LogP contribution in [0.2, 0.25) is 0 Å². The van der Waals surface area contributed by atoms with Crippen LogP contribution < -0.4 is 0 Å². The van der Waals surface area contributed by atoms with Gasteiger partial charge >= 0.3 is 12.1 Å². The van der Waals surface area contributed by atoms with Gasteiger partial charge in [-0.05, 0) is 19.1 Å². The second-order valence-electron chi connectivity index (χ2n) is 3.21. The third kappa shape index (κ3) is 2.76. The lowest BCUT2D eigenvalue weighted by Gasteiger charge is -2.14. The second-order valence-corrected chi connectivity index (χ2v) is 3.66. The molecule has 0 amide bonds. The van der Waals surface area contributed by atoms with Crippen molar-refractivity contribution in [2.45, 2.75) is 18.0 Å². The van der Waals surface area contributed by atoms with E-state index in [2.05, 4.69) is 17.4 Å². The van der Waals surface area contributed by atoms with Gasteiger partial charge in [0.2, 0.25) is 0 Å². The van der Waals surface area contributed by atoms with Gasteiger partial charge in [-0.1, -0.05) is 0 Å². The van der Waals surface area contributed by atoms with Crippen LogP contribution in [-0.4, -0.2) is 12.6 Å². The highest BCUT2D eigenvalue weighted by Crippen LogP contribution is 2.38. The molecule has 0 N–H and O–H groups in total. The molecular weight excluding hydrogens is 267 g/mol. The van der Waals surface area contributed by atoms with Gasteiger partial charge < -0.3 is 4.74 Å². The Hall–Kier alpha value is -1.68. The number of benzene rings is 1. The van der Waals surface area contributed by atoms with E-state index in [-0.39, 0.29) is 12.2 Å². The molecule has 3 nitrogen and oxygen atoms in total. The van der Waals surface area contributed by atoms with Gasteiger partial charge in [0.1, 0.15) is 6.07 Å². The third-order valence-corrected chi connectivity index (χ3v) is 2.54. The summed E-state index contributed by atoms with van der Waals surface area (Å²) in [4.78, 5) is 10.9.